The molecule has 2 aliphatic carbocycles. The third-order valence-electron chi connectivity index (χ3n) is 5.98. The van der Waals surface area contributed by atoms with E-state index in [0.717, 1.165) is 75.5 Å². The van der Waals surface area contributed by atoms with Crippen molar-refractivity contribution in [3.05, 3.63) is 28.1 Å². The van der Waals surface area contributed by atoms with Gasteiger partial charge in [-0.3, -0.25) is 9.69 Å². The van der Waals surface area contributed by atoms with E-state index in [9.17, 15) is 4.79 Å². The van der Waals surface area contributed by atoms with Gasteiger partial charge < -0.3 is 9.72 Å². The molecule has 1 amide bonds. The molecule has 0 unspecified atom stereocenters. The van der Waals surface area contributed by atoms with Gasteiger partial charge in [0, 0.05) is 36.9 Å². The highest BCUT2D eigenvalue weighted by Gasteiger charge is 2.36. The molecule has 1 saturated heterocycles. The SMILES string of the molecule is O=C1NN=C(C2CC2)/C1=C\c1[nH]c2c(c1CN1CCOCC1)CCCC2. The molecule has 6 heteroatoms. The number of rotatable bonds is 4. The van der Waals surface area contributed by atoms with E-state index in [1.807, 2.05) is 0 Å². The van der Waals surface area contributed by atoms with Crippen molar-refractivity contribution in [3.8, 4) is 0 Å². The lowest BCUT2D eigenvalue weighted by atomic mass is 9.93. The fourth-order valence-corrected chi connectivity index (χ4v) is 4.36. The van der Waals surface area contributed by atoms with Crippen LogP contribution in [0.15, 0.2) is 10.7 Å². The second-order valence-electron chi connectivity index (χ2n) is 7.84. The summed E-state index contributed by atoms with van der Waals surface area (Å²) in [5, 5.41) is 4.29. The minimum Gasteiger partial charge on any atom is -0.379 e. The number of carbonyl (C=O) groups is 1. The van der Waals surface area contributed by atoms with Crippen LogP contribution in [0.4, 0.5) is 0 Å². The molecule has 4 aliphatic rings. The number of aromatic nitrogens is 1. The number of amides is 1. The quantitative estimate of drug-likeness (QED) is 0.813. The van der Waals surface area contributed by atoms with E-state index in [1.165, 1.54) is 29.7 Å². The first kappa shape index (κ1) is 16.3. The zero-order chi connectivity index (χ0) is 17.5. The number of carbonyl (C=O) groups excluding carboxylic acids is 1. The summed E-state index contributed by atoms with van der Waals surface area (Å²) in [5.41, 5.74) is 9.73. The van der Waals surface area contributed by atoms with Crippen LogP contribution in [0.2, 0.25) is 0 Å². The van der Waals surface area contributed by atoms with Crippen molar-refractivity contribution in [3.63, 3.8) is 0 Å². The first-order chi connectivity index (χ1) is 12.8. The Morgan fingerprint density at radius 1 is 1.19 bits per heavy atom. The van der Waals surface area contributed by atoms with Crippen LogP contribution in [0.25, 0.3) is 6.08 Å². The number of fused-ring (bicyclic) bond motifs is 1. The van der Waals surface area contributed by atoms with E-state index in [4.69, 9.17) is 4.74 Å². The third-order valence-corrected chi connectivity index (χ3v) is 5.98. The van der Waals surface area contributed by atoms with E-state index in [2.05, 4.69) is 26.5 Å². The van der Waals surface area contributed by atoms with E-state index in [0.29, 0.717) is 5.92 Å². The van der Waals surface area contributed by atoms with Gasteiger partial charge in [-0.05, 0) is 55.7 Å². The Balaban J connectivity index is 1.51. The normalized spacial score (nSPS) is 25.3. The molecule has 2 N–H and O–H groups in total. The van der Waals surface area contributed by atoms with Gasteiger partial charge in [0.1, 0.15) is 0 Å². The number of ether oxygens (including phenoxy) is 1. The van der Waals surface area contributed by atoms with Gasteiger partial charge in [-0.2, -0.15) is 5.10 Å². The number of H-pyrrole nitrogens is 1. The maximum atomic E-state index is 12.3. The number of aromatic amines is 1. The van der Waals surface area contributed by atoms with Crippen LogP contribution in [0.3, 0.4) is 0 Å². The Morgan fingerprint density at radius 2 is 2.00 bits per heavy atom. The molecule has 26 heavy (non-hydrogen) atoms. The summed E-state index contributed by atoms with van der Waals surface area (Å²) in [6.07, 6.45) is 9.12. The summed E-state index contributed by atoms with van der Waals surface area (Å²) in [6.45, 7) is 4.51. The molecule has 2 aliphatic heterocycles. The minimum absolute atomic E-state index is 0.0585. The lowest BCUT2D eigenvalue weighted by Gasteiger charge is -2.27. The Kier molecular flexibility index (Phi) is 4.17. The molecule has 0 aromatic carbocycles. The third kappa shape index (κ3) is 3.01. The maximum Gasteiger partial charge on any atom is 0.273 e. The van der Waals surface area contributed by atoms with E-state index in [1.54, 1.807) is 0 Å². The Hall–Kier alpha value is -1.92. The van der Waals surface area contributed by atoms with Crippen LogP contribution in [0, 0.1) is 5.92 Å². The fourth-order valence-electron chi connectivity index (χ4n) is 4.36. The van der Waals surface area contributed by atoms with Gasteiger partial charge in [0.25, 0.3) is 5.91 Å². The predicted octanol–water partition coefficient (Wildman–Crippen LogP) is 2.00. The average Bonchev–Trinajstić information content (AvgIpc) is 3.37. The number of nitrogens with zero attached hydrogens (tertiary/aromatic N) is 2. The summed E-state index contributed by atoms with van der Waals surface area (Å²) in [4.78, 5) is 18.4. The Labute approximate surface area is 153 Å². The largest absolute Gasteiger partial charge is 0.379 e. The summed E-state index contributed by atoms with van der Waals surface area (Å²) in [5.74, 6) is 0.407. The molecule has 0 radical (unpaired) electrons. The van der Waals surface area contributed by atoms with Crippen molar-refractivity contribution in [2.45, 2.75) is 45.1 Å². The van der Waals surface area contributed by atoms with Crippen LogP contribution in [0.5, 0.6) is 0 Å². The van der Waals surface area contributed by atoms with Gasteiger partial charge in [0.05, 0.1) is 24.5 Å². The molecule has 1 saturated carbocycles. The van der Waals surface area contributed by atoms with Crippen molar-refractivity contribution < 1.29 is 9.53 Å². The highest BCUT2D eigenvalue weighted by molar-refractivity contribution is 6.28. The van der Waals surface area contributed by atoms with Crippen molar-refractivity contribution >= 4 is 17.7 Å². The van der Waals surface area contributed by atoms with Gasteiger partial charge in [0.15, 0.2) is 0 Å². The van der Waals surface area contributed by atoms with Crippen molar-refractivity contribution in [2.75, 3.05) is 26.3 Å². The smallest absolute Gasteiger partial charge is 0.273 e. The van der Waals surface area contributed by atoms with Crippen molar-refractivity contribution in [1.82, 2.24) is 15.3 Å². The molecule has 2 fully saturated rings. The lowest BCUT2D eigenvalue weighted by Crippen LogP contribution is -2.36. The summed E-state index contributed by atoms with van der Waals surface area (Å²) >= 11 is 0. The van der Waals surface area contributed by atoms with Gasteiger partial charge in [-0.25, -0.2) is 5.43 Å². The van der Waals surface area contributed by atoms with Crippen LogP contribution >= 0.6 is 0 Å². The number of hydrogen-bond acceptors (Lipinski definition) is 4. The van der Waals surface area contributed by atoms with Gasteiger partial charge in [-0.1, -0.05) is 0 Å². The molecule has 1 aromatic heterocycles. The highest BCUT2D eigenvalue weighted by Crippen LogP contribution is 2.36. The second-order valence-corrected chi connectivity index (χ2v) is 7.84. The van der Waals surface area contributed by atoms with Crippen LogP contribution < -0.4 is 5.43 Å². The Bertz CT molecular complexity index is 782. The summed E-state index contributed by atoms with van der Waals surface area (Å²) in [6, 6.07) is 0. The number of hydrogen-bond donors (Lipinski definition) is 2. The highest BCUT2D eigenvalue weighted by atomic mass is 16.5. The van der Waals surface area contributed by atoms with Gasteiger partial charge >= 0.3 is 0 Å². The molecule has 0 bridgehead atoms. The monoisotopic (exact) mass is 354 g/mol. The standard InChI is InChI=1S/C20H26N4O2/c25-20-15(19(22-23-20)13-5-6-13)11-18-16(12-24-7-9-26-10-8-24)14-3-1-2-4-17(14)21-18/h11,13,21H,1-10,12H2,(H,23,25)/b15-11+. The number of aryl methyl sites for hydroxylation is 1. The average molecular weight is 354 g/mol. The predicted molar refractivity (Wildman–Crippen MR) is 99.8 cm³/mol. The fraction of sp³-hybridized carbons (Fsp3) is 0.600. The molecule has 0 atom stereocenters. The van der Waals surface area contributed by atoms with Crippen LogP contribution in [-0.4, -0.2) is 47.8 Å². The van der Waals surface area contributed by atoms with Crippen molar-refractivity contribution in [2.24, 2.45) is 11.0 Å². The van der Waals surface area contributed by atoms with E-state index < -0.39 is 0 Å². The first-order valence-corrected chi connectivity index (χ1v) is 9.92. The molecule has 3 heterocycles. The number of hydrazone groups is 1. The maximum absolute atomic E-state index is 12.3. The molecule has 6 nitrogen and oxygen atoms in total. The molecular weight excluding hydrogens is 328 g/mol. The number of nitrogens with one attached hydrogen (secondary N) is 2. The topological polar surface area (TPSA) is 69.7 Å². The molecular formula is C20H26N4O2. The van der Waals surface area contributed by atoms with Gasteiger partial charge in [0.2, 0.25) is 0 Å². The van der Waals surface area contributed by atoms with E-state index in [-0.39, 0.29) is 5.91 Å². The van der Waals surface area contributed by atoms with Gasteiger partial charge in [-0.15, -0.1) is 0 Å². The molecule has 0 spiro atoms. The first-order valence-electron chi connectivity index (χ1n) is 9.92. The minimum atomic E-state index is -0.0585. The summed E-state index contributed by atoms with van der Waals surface area (Å²) < 4.78 is 5.50. The number of morpholine rings is 1. The second kappa shape index (κ2) is 6.67. The molecule has 5 rings (SSSR count). The molecule has 1 aromatic rings. The summed E-state index contributed by atoms with van der Waals surface area (Å²) in [7, 11) is 0. The van der Waals surface area contributed by atoms with E-state index >= 15 is 0 Å². The lowest BCUT2D eigenvalue weighted by molar-refractivity contribution is -0.116. The van der Waals surface area contributed by atoms with Crippen LogP contribution in [-0.2, 0) is 28.9 Å². The molecule has 138 valence electrons. The Morgan fingerprint density at radius 3 is 2.81 bits per heavy atom. The van der Waals surface area contributed by atoms with Crippen molar-refractivity contribution in [1.29, 1.82) is 0 Å². The zero-order valence-corrected chi connectivity index (χ0v) is 15.1. The van der Waals surface area contributed by atoms with Crippen LogP contribution in [0.1, 0.15) is 48.2 Å². The zero-order valence-electron chi connectivity index (χ0n) is 15.1.